The van der Waals surface area contributed by atoms with Gasteiger partial charge in [-0.2, -0.15) is 14.4 Å². The molecule has 1 fully saturated rings. The van der Waals surface area contributed by atoms with E-state index in [2.05, 4.69) is 35.7 Å². The van der Waals surface area contributed by atoms with Crippen LogP contribution in [0, 0.1) is 6.08 Å². The number of anilines is 1. The summed E-state index contributed by atoms with van der Waals surface area (Å²) in [5.74, 6) is -0.00663. The zero-order chi connectivity index (χ0) is 25.0. The van der Waals surface area contributed by atoms with Gasteiger partial charge in [0.25, 0.3) is 0 Å². The molecule has 3 heterocycles. The molecule has 0 radical (unpaired) electrons. The monoisotopic (exact) mass is 495 g/mol. The van der Waals surface area contributed by atoms with Crippen LogP contribution in [0.3, 0.4) is 0 Å². The molecule has 2 aromatic rings. The molecule has 9 nitrogen and oxygen atoms in total. The van der Waals surface area contributed by atoms with Gasteiger partial charge in [-0.05, 0) is 19.3 Å². The molecule has 0 saturated carbocycles. The highest BCUT2D eigenvalue weighted by Gasteiger charge is 2.48. The first kappa shape index (κ1) is 27.7. The van der Waals surface area contributed by atoms with Crippen molar-refractivity contribution in [3.8, 4) is 0 Å². The van der Waals surface area contributed by atoms with Crippen LogP contribution in [-0.2, 0) is 18.9 Å². The van der Waals surface area contributed by atoms with Gasteiger partial charge in [0.15, 0.2) is 23.2 Å². The van der Waals surface area contributed by atoms with Crippen molar-refractivity contribution in [2.45, 2.75) is 103 Å². The van der Waals surface area contributed by atoms with Crippen molar-refractivity contribution >= 4 is 17.0 Å². The zero-order valence-electron chi connectivity index (χ0n) is 21.5. The Morgan fingerprint density at radius 2 is 1.54 bits per heavy atom. The van der Waals surface area contributed by atoms with Gasteiger partial charge in [-0.1, -0.05) is 59.3 Å². The summed E-state index contributed by atoms with van der Waals surface area (Å²) in [6.45, 7) is 8.75. The van der Waals surface area contributed by atoms with Gasteiger partial charge in [0.1, 0.15) is 18.3 Å². The third kappa shape index (κ3) is 7.55. The molecule has 0 aromatic carbocycles. The fourth-order valence-corrected chi connectivity index (χ4v) is 4.34. The minimum atomic E-state index is -0.904. The molecule has 10 heteroatoms. The Kier molecular flexibility index (Phi) is 11.6. The number of rotatable bonds is 17. The summed E-state index contributed by atoms with van der Waals surface area (Å²) in [6, 6.07) is 0. The van der Waals surface area contributed by atoms with E-state index in [1.54, 1.807) is 10.9 Å². The molecule has 198 valence electrons. The van der Waals surface area contributed by atoms with Crippen LogP contribution in [-0.4, -0.2) is 64.3 Å². The third-order valence-electron chi connectivity index (χ3n) is 6.27. The molecule has 2 N–H and O–H groups in total. The van der Waals surface area contributed by atoms with Gasteiger partial charge in [-0.3, -0.25) is 4.57 Å². The first-order chi connectivity index (χ1) is 17.1. The maximum absolute atomic E-state index is 14.0. The minimum Gasteiger partial charge on any atom is -0.382 e. The molecule has 1 aliphatic rings. The van der Waals surface area contributed by atoms with Crippen LogP contribution in [0.4, 0.5) is 10.2 Å². The summed E-state index contributed by atoms with van der Waals surface area (Å²) in [4.78, 5) is 11.9. The summed E-state index contributed by atoms with van der Waals surface area (Å²) in [5.41, 5.74) is 6.50. The number of hydrogen-bond acceptors (Lipinski definition) is 8. The van der Waals surface area contributed by atoms with E-state index < -0.39 is 18.4 Å². The van der Waals surface area contributed by atoms with Crippen LogP contribution < -0.4 is 5.73 Å². The van der Waals surface area contributed by atoms with Gasteiger partial charge < -0.3 is 24.7 Å². The van der Waals surface area contributed by atoms with E-state index in [-0.39, 0.29) is 23.7 Å². The summed E-state index contributed by atoms with van der Waals surface area (Å²) in [7, 11) is 0. The van der Waals surface area contributed by atoms with Crippen LogP contribution in [0.5, 0.6) is 0 Å². The number of nitrogens with two attached hydrogens (primary N) is 1. The summed E-state index contributed by atoms with van der Waals surface area (Å²) >= 11 is 0. The Morgan fingerprint density at radius 3 is 2.20 bits per heavy atom. The average Bonchev–Trinajstić information content (AvgIpc) is 3.41. The molecule has 0 aliphatic carbocycles. The largest absolute Gasteiger partial charge is 0.382 e. The van der Waals surface area contributed by atoms with E-state index in [1.807, 2.05) is 0 Å². The van der Waals surface area contributed by atoms with E-state index in [0.29, 0.717) is 31.9 Å². The molecular weight excluding hydrogens is 453 g/mol. The van der Waals surface area contributed by atoms with E-state index in [0.717, 1.165) is 57.8 Å². The molecule has 2 aromatic heterocycles. The van der Waals surface area contributed by atoms with Gasteiger partial charge in [0, 0.05) is 19.8 Å². The zero-order valence-corrected chi connectivity index (χ0v) is 21.5. The quantitative estimate of drug-likeness (QED) is 0.246. The number of aromatic nitrogens is 4. The second-order valence-electron chi connectivity index (χ2n) is 9.13. The van der Waals surface area contributed by atoms with E-state index in [4.69, 9.17) is 24.7 Å². The van der Waals surface area contributed by atoms with E-state index in [9.17, 15) is 4.39 Å². The van der Waals surface area contributed by atoms with Crippen LogP contribution in [0.2, 0.25) is 0 Å². The standard InChI is InChI=1S/C25H42FN5O4/c1-4-7-10-13-32-16-18-20(33-14-11-8-5-2)21(34-15-12-9-6-3)24(35-18)31-17-28-19-22(27)29-25(26)30-23(19)31/h17-18,20-21,24H,4-16H2,1-3H3,(H2,27,29,30)/t18-,20-,21-,24-/m1/s1. The molecular formula is C25H42FN5O4. The molecule has 4 atom stereocenters. The predicted molar refractivity (Wildman–Crippen MR) is 132 cm³/mol. The van der Waals surface area contributed by atoms with Crippen molar-refractivity contribution in [2.24, 2.45) is 0 Å². The number of ether oxygens (including phenoxy) is 4. The van der Waals surface area contributed by atoms with E-state index in [1.165, 1.54) is 0 Å². The lowest BCUT2D eigenvalue weighted by atomic mass is 10.1. The Bertz CT molecular complexity index is 883. The predicted octanol–water partition coefficient (Wildman–Crippen LogP) is 4.80. The molecule has 0 spiro atoms. The fourth-order valence-electron chi connectivity index (χ4n) is 4.34. The van der Waals surface area contributed by atoms with Crippen molar-refractivity contribution in [3.05, 3.63) is 12.4 Å². The Balaban J connectivity index is 1.84. The highest BCUT2D eigenvalue weighted by atomic mass is 19.1. The topological polar surface area (TPSA) is 107 Å². The lowest BCUT2D eigenvalue weighted by molar-refractivity contribution is -0.0807. The molecule has 0 amide bonds. The molecule has 0 unspecified atom stereocenters. The van der Waals surface area contributed by atoms with Crippen LogP contribution in [0.25, 0.3) is 11.2 Å². The first-order valence-electron chi connectivity index (χ1n) is 13.2. The maximum Gasteiger partial charge on any atom is 0.312 e. The minimum absolute atomic E-state index is 0.00663. The summed E-state index contributed by atoms with van der Waals surface area (Å²) in [5, 5.41) is 0. The molecule has 3 rings (SSSR count). The highest BCUT2D eigenvalue weighted by Crippen LogP contribution is 2.36. The average molecular weight is 496 g/mol. The molecule has 1 saturated heterocycles. The van der Waals surface area contributed by atoms with Gasteiger partial charge in [0.05, 0.1) is 12.9 Å². The second-order valence-corrected chi connectivity index (χ2v) is 9.13. The smallest absolute Gasteiger partial charge is 0.312 e. The summed E-state index contributed by atoms with van der Waals surface area (Å²) in [6.07, 6.45) is 8.53. The number of nitrogen functional groups attached to an aromatic ring is 1. The van der Waals surface area contributed by atoms with Crippen molar-refractivity contribution in [3.63, 3.8) is 0 Å². The van der Waals surface area contributed by atoms with E-state index >= 15 is 0 Å². The number of unbranched alkanes of at least 4 members (excludes halogenated alkanes) is 6. The Morgan fingerprint density at radius 1 is 0.914 bits per heavy atom. The summed E-state index contributed by atoms with van der Waals surface area (Å²) < 4.78 is 40.9. The fraction of sp³-hybridized carbons (Fsp3) is 0.800. The molecule has 35 heavy (non-hydrogen) atoms. The van der Waals surface area contributed by atoms with Crippen LogP contribution in [0.15, 0.2) is 6.33 Å². The first-order valence-corrected chi connectivity index (χ1v) is 13.2. The Hall–Kier alpha value is -1.88. The number of hydrogen-bond donors (Lipinski definition) is 1. The van der Waals surface area contributed by atoms with Gasteiger partial charge in [-0.15, -0.1) is 0 Å². The SMILES string of the molecule is CCCCCOC[C@H]1O[C@@H](n2cnc3c(N)nc(F)nc32)[C@H](OCCCCC)[C@@H]1OCCCCC. The number of nitrogens with zero attached hydrogens (tertiary/aromatic N) is 4. The van der Waals surface area contributed by atoms with Gasteiger partial charge in [-0.25, -0.2) is 4.98 Å². The van der Waals surface area contributed by atoms with Crippen molar-refractivity contribution in [2.75, 3.05) is 32.2 Å². The third-order valence-corrected chi connectivity index (χ3v) is 6.27. The molecule has 0 bridgehead atoms. The number of halogens is 1. The number of fused-ring (bicyclic) bond motifs is 1. The van der Waals surface area contributed by atoms with Crippen molar-refractivity contribution < 1.29 is 23.3 Å². The van der Waals surface area contributed by atoms with Gasteiger partial charge in [0.2, 0.25) is 0 Å². The lowest BCUT2D eigenvalue weighted by Crippen LogP contribution is -2.39. The van der Waals surface area contributed by atoms with Crippen LogP contribution in [0.1, 0.15) is 84.8 Å². The van der Waals surface area contributed by atoms with Gasteiger partial charge >= 0.3 is 6.08 Å². The van der Waals surface area contributed by atoms with Crippen molar-refractivity contribution in [1.82, 2.24) is 19.5 Å². The normalized spacial score (nSPS) is 22.4. The number of imidazole rings is 1. The lowest BCUT2D eigenvalue weighted by Gasteiger charge is -2.25. The van der Waals surface area contributed by atoms with Crippen molar-refractivity contribution in [1.29, 1.82) is 0 Å². The van der Waals surface area contributed by atoms with Crippen LogP contribution >= 0.6 is 0 Å². The Labute approximate surface area is 207 Å². The highest BCUT2D eigenvalue weighted by molar-refractivity contribution is 5.81. The second kappa shape index (κ2) is 14.6. The maximum atomic E-state index is 14.0. The molecule has 1 aliphatic heterocycles.